The molecule has 3 aromatic heterocycles. The summed E-state index contributed by atoms with van der Waals surface area (Å²) in [6.07, 6.45) is 9.42. The Morgan fingerprint density at radius 3 is 1.34 bits per heavy atom. The molecule has 10 aromatic rings. The smallest absolute Gasteiger partial charge is 0.305 e. The van der Waals surface area contributed by atoms with E-state index in [9.17, 15) is 0 Å². The molecule has 4 heteroatoms. The Balaban J connectivity index is 0.00000656. The van der Waals surface area contributed by atoms with Crippen LogP contribution >= 0.6 is 0 Å². The summed E-state index contributed by atoms with van der Waals surface area (Å²) >= 11 is 0. The van der Waals surface area contributed by atoms with E-state index in [1.807, 2.05) is 30.7 Å². The summed E-state index contributed by atoms with van der Waals surface area (Å²) in [4.78, 5) is 14.3. The zero-order chi connectivity index (χ0) is 49.7. The Kier molecular flexibility index (Phi) is 15.4. The summed E-state index contributed by atoms with van der Waals surface area (Å²) in [5.74, 6) is 0. The first-order valence-electron chi connectivity index (χ1n) is 25.2. The monoisotopic (exact) mass is 1120 g/mol. The van der Waals surface area contributed by atoms with Gasteiger partial charge in [-0.1, -0.05) is 205 Å². The van der Waals surface area contributed by atoms with E-state index in [-0.39, 0.29) is 30.9 Å². The molecule has 0 amide bonds. The zero-order valence-electron chi connectivity index (χ0n) is 42.6. The van der Waals surface area contributed by atoms with Gasteiger partial charge in [-0.05, 0) is 96.9 Å². The largest absolute Gasteiger partial charge is 3.00 e. The van der Waals surface area contributed by atoms with Crippen molar-refractivity contribution in [1.82, 2.24) is 15.0 Å². The molecule has 3 heterocycles. The van der Waals surface area contributed by atoms with Crippen LogP contribution in [-0.2, 0) is 56.6 Å². The number of hydrogen-bond donors (Lipinski definition) is 0. The summed E-state index contributed by atoms with van der Waals surface area (Å²) in [5, 5.41) is 0. The number of benzene rings is 7. The first-order valence-corrected chi connectivity index (χ1v) is 25.2. The van der Waals surface area contributed by atoms with Gasteiger partial charge in [-0.2, -0.15) is 0 Å². The molecule has 7 aromatic carbocycles. The van der Waals surface area contributed by atoms with Crippen molar-refractivity contribution in [2.45, 2.75) is 78.1 Å². The molecule has 360 valence electrons. The molecule has 3 nitrogen and oxygen atoms in total. The Bertz CT molecular complexity index is 3280. The molecule has 10 rings (SSSR count). The maximum Gasteiger partial charge on any atom is 3.00 e. The third-order valence-electron chi connectivity index (χ3n) is 13.7. The fourth-order valence-corrected chi connectivity index (χ4v) is 9.39. The average Bonchev–Trinajstić information content (AvgIpc) is 3.42. The van der Waals surface area contributed by atoms with E-state index in [4.69, 9.17) is 15.0 Å². The number of nitrogens with zero attached hydrogens (tertiary/aromatic N) is 3. The molecule has 0 saturated carbocycles. The molecule has 0 fully saturated rings. The minimum absolute atomic E-state index is 0. The predicted molar refractivity (Wildman–Crippen MR) is 299 cm³/mol. The predicted octanol–water partition coefficient (Wildman–Crippen LogP) is 17.1. The van der Waals surface area contributed by atoms with E-state index in [0.29, 0.717) is 0 Å². The van der Waals surface area contributed by atoms with Crippen LogP contribution < -0.4 is 0 Å². The van der Waals surface area contributed by atoms with Gasteiger partial charge in [-0.3, -0.25) is 0 Å². The maximum absolute atomic E-state index is 4.80. The van der Waals surface area contributed by atoms with Crippen molar-refractivity contribution in [3.05, 3.63) is 258 Å². The second-order valence-electron chi connectivity index (χ2n) is 21.0. The topological polar surface area (TPSA) is 38.7 Å². The van der Waals surface area contributed by atoms with Crippen LogP contribution in [0.5, 0.6) is 0 Å². The van der Waals surface area contributed by atoms with E-state index in [2.05, 4.69) is 236 Å². The zero-order valence-corrected chi connectivity index (χ0v) is 45.0. The number of aromatic nitrogens is 3. The van der Waals surface area contributed by atoms with Gasteiger partial charge in [0.1, 0.15) is 0 Å². The van der Waals surface area contributed by atoms with Crippen LogP contribution in [-0.4, -0.2) is 15.0 Å². The van der Waals surface area contributed by atoms with Crippen LogP contribution in [0.4, 0.5) is 0 Å². The molecule has 0 N–H and O–H groups in total. The third-order valence-corrected chi connectivity index (χ3v) is 13.7. The van der Waals surface area contributed by atoms with Crippen LogP contribution in [0, 0.1) is 18.2 Å². The molecular weight excluding hydrogens is 1060 g/mol. The van der Waals surface area contributed by atoms with Crippen LogP contribution in [0.3, 0.4) is 0 Å². The first-order chi connectivity index (χ1) is 34.9. The summed E-state index contributed by atoms with van der Waals surface area (Å²) in [6, 6.07) is 78.5. The first kappa shape index (κ1) is 50.6. The summed E-state index contributed by atoms with van der Waals surface area (Å²) in [6.45, 7) is 13.3. The number of hydrogen-bond acceptors (Lipinski definition) is 3. The van der Waals surface area contributed by atoms with Crippen molar-refractivity contribution in [1.29, 1.82) is 0 Å². The number of rotatable bonds is 13. The van der Waals surface area contributed by atoms with E-state index >= 15 is 0 Å². The number of aryl methyl sites for hydroxylation is 4. The summed E-state index contributed by atoms with van der Waals surface area (Å²) in [7, 11) is 0. The molecule has 0 unspecified atom stereocenters. The Labute approximate surface area is 446 Å². The number of pyridine rings is 3. The normalized spacial score (nSPS) is 11.5. The maximum atomic E-state index is 4.80. The van der Waals surface area contributed by atoms with Gasteiger partial charge in [0.2, 0.25) is 0 Å². The Hall–Kier alpha value is -7.36. The SMILES string of the molecule is CC(C)(C)c1ccc(-c2[c-]cc(CCc3cc(CCc4c[c-]c(-c5ccc(C(C)(C)C)cn5)cc4)cc(-c4ccccc4-c4c[c-]c(-c5ccccn5)cc4-c4ccc(-c5ccccc5)cc4)c3)cc2)nc1.[Ir+3]. The van der Waals surface area contributed by atoms with Crippen molar-refractivity contribution in [3.63, 3.8) is 0 Å². The van der Waals surface area contributed by atoms with Gasteiger partial charge >= 0.3 is 20.1 Å². The molecule has 73 heavy (non-hydrogen) atoms. The van der Waals surface area contributed by atoms with Crippen LogP contribution in [0.2, 0.25) is 0 Å². The van der Waals surface area contributed by atoms with Crippen molar-refractivity contribution >= 4 is 0 Å². The van der Waals surface area contributed by atoms with Crippen LogP contribution in [0.15, 0.2) is 207 Å². The fourth-order valence-electron chi connectivity index (χ4n) is 9.39. The van der Waals surface area contributed by atoms with Crippen molar-refractivity contribution in [2.75, 3.05) is 0 Å². The second kappa shape index (κ2) is 22.2. The molecule has 0 atom stereocenters. The molecular formula is C69H60IrN3. The second-order valence-corrected chi connectivity index (χ2v) is 21.0. The minimum atomic E-state index is 0. The third kappa shape index (κ3) is 12.1. The molecule has 0 bridgehead atoms. The van der Waals surface area contributed by atoms with E-state index in [1.54, 1.807) is 0 Å². The van der Waals surface area contributed by atoms with E-state index in [0.717, 1.165) is 81.7 Å². The van der Waals surface area contributed by atoms with E-state index < -0.39 is 0 Å². The average molecular weight is 1120 g/mol. The minimum Gasteiger partial charge on any atom is -0.305 e. The van der Waals surface area contributed by atoms with Gasteiger partial charge in [0.05, 0.1) is 0 Å². The Morgan fingerprint density at radius 2 is 0.836 bits per heavy atom. The van der Waals surface area contributed by atoms with Crippen LogP contribution in [0.1, 0.15) is 74.9 Å². The quantitative estimate of drug-likeness (QED) is 0.108. The molecule has 0 saturated heterocycles. The van der Waals surface area contributed by atoms with Gasteiger partial charge in [-0.25, -0.2) is 0 Å². The van der Waals surface area contributed by atoms with Crippen molar-refractivity contribution in [3.8, 4) is 78.3 Å². The molecule has 0 spiro atoms. The fraction of sp³-hybridized carbons (Fsp3) is 0.174. The van der Waals surface area contributed by atoms with Gasteiger partial charge < -0.3 is 15.0 Å². The van der Waals surface area contributed by atoms with Crippen LogP contribution in [0.25, 0.3) is 78.3 Å². The summed E-state index contributed by atoms with van der Waals surface area (Å²) < 4.78 is 0. The van der Waals surface area contributed by atoms with E-state index in [1.165, 1.54) is 55.6 Å². The van der Waals surface area contributed by atoms with Gasteiger partial charge in [0.25, 0.3) is 0 Å². The van der Waals surface area contributed by atoms with Crippen molar-refractivity contribution in [2.24, 2.45) is 0 Å². The molecule has 0 aliphatic carbocycles. The van der Waals surface area contributed by atoms with Gasteiger partial charge in [0.15, 0.2) is 0 Å². The molecule has 0 aliphatic rings. The molecule has 0 radical (unpaired) electrons. The van der Waals surface area contributed by atoms with Crippen molar-refractivity contribution < 1.29 is 20.1 Å². The van der Waals surface area contributed by atoms with Gasteiger partial charge in [-0.15, -0.1) is 94.5 Å². The summed E-state index contributed by atoms with van der Waals surface area (Å²) in [5.41, 5.74) is 22.8. The molecule has 0 aliphatic heterocycles. The Morgan fingerprint density at radius 1 is 0.342 bits per heavy atom. The standard InChI is InChI=1S/C69H60N3.Ir/c1-68(2,3)59-36-39-66(71-46-59)55-27-23-48(24-28-55)19-21-50-42-51(22-20-49-25-29-56(30-26-49)67-40-37-60(47-72-67)69(4,5)6)44-58(43-50)61-16-10-11-17-62(61)63-38-35-57(65-18-12-13-41-70-65)45-64(63)54-33-31-53(32-34-54)52-14-8-7-9-15-52;/h7-18,23-27,29,31-34,36-47H,19-22H2,1-6H3;/q-3;+3. The van der Waals surface area contributed by atoms with Gasteiger partial charge in [0, 0.05) is 18.6 Å².